The zero-order valence-electron chi connectivity index (χ0n) is 9.23. The summed E-state index contributed by atoms with van der Waals surface area (Å²) in [5.74, 6) is 0. The highest BCUT2D eigenvalue weighted by Gasteiger charge is 2.06. The molecule has 0 radical (unpaired) electrons. The fourth-order valence-corrected chi connectivity index (χ4v) is 2.05. The summed E-state index contributed by atoms with van der Waals surface area (Å²) in [5.41, 5.74) is 7.39. The van der Waals surface area contributed by atoms with Crippen LogP contribution < -0.4 is 15.2 Å². The van der Waals surface area contributed by atoms with E-state index < -0.39 is 10.2 Å². The second-order valence-corrected chi connectivity index (χ2v) is 4.93. The Kier molecular flexibility index (Phi) is 4.88. The van der Waals surface area contributed by atoms with Crippen LogP contribution >= 0.6 is 0 Å². The highest BCUT2D eigenvalue weighted by atomic mass is 32.2. The summed E-state index contributed by atoms with van der Waals surface area (Å²) in [7, 11) is -3.37. The lowest BCUT2D eigenvalue weighted by Gasteiger charge is -2.07. The maximum absolute atomic E-state index is 11.3. The topological polar surface area (TPSA) is 84.2 Å². The Morgan fingerprint density at radius 3 is 2.19 bits per heavy atom. The van der Waals surface area contributed by atoms with Crippen LogP contribution in [0.25, 0.3) is 0 Å². The van der Waals surface area contributed by atoms with E-state index in [1.807, 2.05) is 24.3 Å². The minimum atomic E-state index is -3.37. The number of hydrogen-bond acceptors (Lipinski definition) is 3. The molecule has 90 valence electrons. The summed E-state index contributed by atoms with van der Waals surface area (Å²) < 4.78 is 27.4. The lowest BCUT2D eigenvalue weighted by atomic mass is 10.1. The molecule has 0 aliphatic rings. The molecule has 1 aromatic rings. The quantitative estimate of drug-likeness (QED) is 0.662. The first kappa shape index (κ1) is 13.1. The largest absolute Gasteiger partial charge is 0.326 e. The summed E-state index contributed by atoms with van der Waals surface area (Å²) in [5, 5.41) is 0. The van der Waals surface area contributed by atoms with Crippen molar-refractivity contribution in [2.24, 2.45) is 5.73 Å². The summed E-state index contributed by atoms with van der Waals surface area (Å²) in [4.78, 5) is 0. The maximum atomic E-state index is 11.3. The van der Waals surface area contributed by atoms with Crippen LogP contribution in [0, 0.1) is 0 Å². The molecule has 0 unspecified atom stereocenters. The molecule has 16 heavy (non-hydrogen) atoms. The third-order valence-corrected chi connectivity index (χ3v) is 3.25. The van der Waals surface area contributed by atoms with Gasteiger partial charge in [0.15, 0.2) is 0 Å². The first-order valence-corrected chi connectivity index (χ1v) is 6.58. The molecule has 0 spiro atoms. The summed E-state index contributed by atoms with van der Waals surface area (Å²) in [6.45, 7) is 2.88. The molecular formula is C10H17N3O2S. The zero-order chi connectivity index (χ0) is 12.0. The summed E-state index contributed by atoms with van der Waals surface area (Å²) >= 11 is 0. The van der Waals surface area contributed by atoms with E-state index in [4.69, 9.17) is 5.73 Å². The SMILES string of the molecule is CCNS(=O)(=O)NCc1ccc(CN)cc1. The van der Waals surface area contributed by atoms with E-state index in [1.54, 1.807) is 6.92 Å². The summed E-state index contributed by atoms with van der Waals surface area (Å²) in [6, 6.07) is 7.49. The van der Waals surface area contributed by atoms with Gasteiger partial charge in [-0.25, -0.2) is 4.72 Å². The van der Waals surface area contributed by atoms with Crippen LogP contribution in [0.5, 0.6) is 0 Å². The molecule has 5 nitrogen and oxygen atoms in total. The van der Waals surface area contributed by atoms with Gasteiger partial charge in [-0.1, -0.05) is 31.2 Å². The van der Waals surface area contributed by atoms with Crippen LogP contribution in [0.2, 0.25) is 0 Å². The molecule has 0 fully saturated rings. The number of nitrogens with one attached hydrogen (secondary N) is 2. The second kappa shape index (κ2) is 5.95. The predicted molar refractivity (Wildman–Crippen MR) is 63.8 cm³/mol. The van der Waals surface area contributed by atoms with Gasteiger partial charge in [0.25, 0.3) is 10.2 Å². The van der Waals surface area contributed by atoms with Gasteiger partial charge < -0.3 is 5.73 Å². The van der Waals surface area contributed by atoms with E-state index in [-0.39, 0.29) is 6.54 Å². The van der Waals surface area contributed by atoms with E-state index in [0.717, 1.165) is 11.1 Å². The monoisotopic (exact) mass is 243 g/mol. The predicted octanol–water partition coefficient (Wildman–Crippen LogP) is 0.0892. The molecule has 4 N–H and O–H groups in total. The fourth-order valence-electron chi connectivity index (χ4n) is 1.21. The molecule has 0 aromatic heterocycles. The van der Waals surface area contributed by atoms with Gasteiger partial charge in [0, 0.05) is 19.6 Å². The molecule has 0 bridgehead atoms. The molecule has 0 amide bonds. The summed E-state index contributed by atoms with van der Waals surface area (Å²) in [6.07, 6.45) is 0. The molecule has 6 heteroatoms. The van der Waals surface area contributed by atoms with Crippen LogP contribution in [0.4, 0.5) is 0 Å². The van der Waals surface area contributed by atoms with Gasteiger partial charge in [0.2, 0.25) is 0 Å². The number of rotatable bonds is 6. The highest BCUT2D eigenvalue weighted by Crippen LogP contribution is 2.03. The van der Waals surface area contributed by atoms with Crippen LogP contribution in [-0.4, -0.2) is 15.0 Å². The Morgan fingerprint density at radius 2 is 1.69 bits per heavy atom. The lowest BCUT2D eigenvalue weighted by molar-refractivity contribution is 0.568. The fraction of sp³-hybridized carbons (Fsp3) is 0.400. The van der Waals surface area contributed by atoms with Crippen LogP contribution in [-0.2, 0) is 23.3 Å². The minimum Gasteiger partial charge on any atom is -0.326 e. The van der Waals surface area contributed by atoms with E-state index in [2.05, 4.69) is 9.44 Å². The van der Waals surface area contributed by atoms with Crippen LogP contribution in [0.15, 0.2) is 24.3 Å². The van der Waals surface area contributed by atoms with Crippen molar-refractivity contribution in [2.45, 2.75) is 20.0 Å². The van der Waals surface area contributed by atoms with Gasteiger partial charge >= 0.3 is 0 Å². The van der Waals surface area contributed by atoms with Gasteiger partial charge in [-0.2, -0.15) is 13.1 Å². The maximum Gasteiger partial charge on any atom is 0.277 e. The van der Waals surface area contributed by atoms with Gasteiger partial charge in [0.1, 0.15) is 0 Å². The Morgan fingerprint density at radius 1 is 1.12 bits per heavy atom. The Bertz CT molecular complexity index is 414. The molecule has 0 aliphatic heterocycles. The molecule has 0 heterocycles. The van der Waals surface area contributed by atoms with E-state index in [9.17, 15) is 8.42 Å². The number of nitrogens with two attached hydrogens (primary N) is 1. The van der Waals surface area contributed by atoms with Crippen molar-refractivity contribution >= 4 is 10.2 Å². The Hall–Kier alpha value is -0.950. The van der Waals surface area contributed by atoms with Crippen molar-refractivity contribution in [1.29, 1.82) is 0 Å². The van der Waals surface area contributed by atoms with E-state index in [1.165, 1.54) is 0 Å². The normalized spacial score (nSPS) is 11.6. The van der Waals surface area contributed by atoms with E-state index in [0.29, 0.717) is 13.1 Å². The molecule has 0 atom stereocenters. The second-order valence-electron chi connectivity index (χ2n) is 3.34. The third-order valence-electron chi connectivity index (χ3n) is 2.06. The van der Waals surface area contributed by atoms with Crippen molar-refractivity contribution in [1.82, 2.24) is 9.44 Å². The standard InChI is InChI=1S/C10H17N3O2S/c1-2-12-16(14,15)13-8-10-5-3-9(7-11)4-6-10/h3-6,12-13H,2,7-8,11H2,1H3. The van der Waals surface area contributed by atoms with Crippen LogP contribution in [0.3, 0.4) is 0 Å². The first-order chi connectivity index (χ1) is 7.57. The molecule has 1 aromatic carbocycles. The Labute approximate surface area is 96.2 Å². The molecular weight excluding hydrogens is 226 g/mol. The smallest absolute Gasteiger partial charge is 0.277 e. The average molecular weight is 243 g/mol. The highest BCUT2D eigenvalue weighted by molar-refractivity contribution is 7.87. The van der Waals surface area contributed by atoms with Crippen molar-refractivity contribution < 1.29 is 8.42 Å². The average Bonchev–Trinajstić information content (AvgIpc) is 2.27. The third kappa shape index (κ3) is 4.28. The van der Waals surface area contributed by atoms with Crippen molar-refractivity contribution in [3.8, 4) is 0 Å². The van der Waals surface area contributed by atoms with Crippen molar-refractivity contribution in [2.75, 3.05) is 6.54 Å². The molecule has 0 aliphatic carbocycles. The molecule has 0 saturated carbocycles. The number of hydrogen-bond donors (Lipinski definition) is 3. The lowest BCUT2D eigenvalue weighted by Crippen LogP contribution is -2.35. The van der Waals surface area contributed by atoms with Crippen molar-refractivity contribution in [3.05, 3.63) is 35.4 Å². The Balaban J connectivity index is 2.54. The molecule has 1 rings (SSSR count). The van der Waals surface area contributed by atoms with Crippen molar-refractivity contribution in [3.63, 3.8) is 0 Å². The van der Waals surface area contributed by atoms with E-state index >= 15 is 0 Å². The first-order valence-electron chi connectivity index (χ1n) is 5.09. The van der Waals surface area contributed by atoms with Gasteiger partial charge in [0.05, 0.1) is 0 Å². The van der Waals surface area contributed by atoms with Crippen LogP contribution in [0.1, 0.15) is 18.1 Å². The molecule has 0 saturated heterocycles. The minimum absolute atomic E-state index is 0.278. The van der Waals surface area contributed by atoms with Gasteiger partial charge in [-0.3, -0.25) is 0 Å². The van der Waals surface area contributed by atoms with Gasteiger partial charge in [-0.15, -0.1) is 0 Å². The zero-order valence-corrected chi connectivity index (χ0v) is 10.0. The van der Waals surface area contributed by atoms with Gasteiger partial charge in [-0.05, 0) is 11.1 Å². The number of benzene rings is 1.